The molecule has 0 heterocycles. The number of nitrogens with two attached hydrogens (primary N) is 1. The zero-order valence-corrected chi connectivity index (χ0v) is 10.3. The largest absolute Gasteiger partial charge is 0.416 e. The second kappa shape index (κ2) is 5.25. The molecule has 0 bridgehead atoms. The monoisotopic (exact) mass is 282 g/mol. The minimum atomic E-state index is -4.41. The summed E-state index contributed by atoms with van der Waals surface area (Å²) in [5.74, 6) is 0. The minimum absolute atomic E-state index is 0.125. The first-order valence-electron chi connectivity index (χ1n) is 5.04. The van der Waals surface area contributed by atoms with E-state index in [-0.39, 0.29) is 6.42 Å². The average molecular weight is 282 g/mol. The van der Waals surface area contributed by atoms with Crippen molar-refractivity contribution in [3.63, 3.8) is 0 Å². The maximum Gasteiger partial charge on any atom is 0.416 e. The number of hydrogen-bond donors (Lipinski definition) is 2. The summed E-state index contributed by atoms with van der Waals surface area (Å²) >= 11 is 0. The molecule has 8 heteroatoms. The van der Waals surface area contributed by atoms with Crippen molar-refractivity contribution in [1.82, 2.24) is 4.72 Å². The van der Waals surface area contributed by atoms with E-state index < -0.39 is 28.0 Å². The van der Waals surface area contributed by atoms with Crippen molar-refractivity contribution in [2.24, 2.45) is 5.14 Å². The molecule has 102 valence electrons. The Morgan fingerprint density at radius 1 is 1.39 bits per heavy atom. The Labute approximate surface area is 103 Å². The van der Waals surface area contributed by atoms with Crippen LogP contribution in [0.1, 0.15) is 18.1 Å². The predicted molar refractivity (Wildman–Crippen MR) is 60.9 cm³/mol. The van der Waals surface area contributed by atoms with Crippen LogP contribution in [0.3, 0.4) is 0 Å². The Morgan fingerprint density at radius 3 is 2.50 bits per heavy atom. The van der Waals surface area contributed by atoms with Crippen LogP contribution in [-0.2, 0) is 22.8 Å². The fourth-order valence-electron chi connectivity index (χ4n) is 1.55. The van der Waals surface area contributed by atoms with Crippen molar-refractivity contribution in [3.05, 3.63) is 35.4 Å². The first kappa shape index (κ1) is 14.9. The maximum absolute atomic E-state index is 12.4. The van der Waals surface area contributed by atoms with Gasteiger partial charge in [-0.05, 0) is 25.0 Å². The van der Waals surface area contributed by atoms with Gasteiger partial charge in [0, 0.05) is 6.04 Å². The molecule has 0 aromatic heterocycles. The number of hydrogen-bond acceptors (Lipinski definition) is 2. The zero-order valence-electron chi connectivity index (χ0n) is 9.53. The summed E-state index contributed by atoms with van der Waals surface area (Å²) in [6.07, 6.45) is -4.28. The highest BCUT2D eigenvalue weighted by atomic mass is 32.2. The topological polar surface area (TPSA) is 72.2 Å². The summed E-state index contributed by atoms with van der Waals surface area (Å²) in [5, 5.41) is 4.77. The van der Waals surface area contributed by atoms with E-state index in [9.17, 15) is 21.6 Å². The van der Waals surface area contributed by atoms with Gasteiger partial charge in [-0.2, -0.15) is 26.3 Å². The molecule has 1 atom stereocenters. The van der Waals surface area contributed by atoms with Gasteiger partial charge in [-0.15, -0.1) is 0 Å². The van der Waals surface area contributed by atoms with E-state index in [1.807, 2.05) is 0 Å². The van der Waals surface area contributed by atoms with Gasteiger partial charge in [0.2, 0.25) is 0 Å². The first-order chi connectivity index (χ1) is 8.08. The van der Waals surface area contributed by atoms with Crippen molar-refractivity contribution in [2.45, 2.75) is 25.6 Å². The molecule has 1 aromatic rings. The normalized spacial score (nSPS) is 14.5. The Kier molecular flexibility index (Phi) is 4.36. The van der Waals surface area contributed by atoms with Gasteiger partial charge in [-0.1, -0.05) is 18.2 Å². The minimum Gasteiger partial charge on any atom is -0.216 e. The summed E-state index contributed by atoms with van der Waals surface area (Å²) < 4.78 is 60.9. The molecule has 1 rings (SSSR count). The smallest absolute Gasteiger partial charge is 0.216 e. The molecule has 1 aromatic carbocycles. The first-order valence-corrected chi connectivity index (χ1v) is 6.59. The molecule has 0 aliphatic rings. The molecular weight excluding hydrogens is 269 g/mol. The quantitative estimate of drug-likeness (QED) is 0.877. The maximum atomic E-state index is 12.4. The van der Waals surface area contributed by atoms with E-state index in [1.165, 1.54) is 19.1 Å². The van der Waals surface area contributed by atoms with Crippen LogP contribution in [0.5, 0.6) is 0 Å². The van der Waals surface area contributed by atoms with E-state index in [0.717, 1.165) is 12.1 Å². The summed E-state index contributed by atoms with van der Waals surface area (Å²) in [5.41, 5.74) is -0.378. The SMILES string of the molecule is CC(Cc1cccc(C(F)(F)F)c1)NS(N)(=O)=O. The number of rotatable bonds is 4. The van der Waals surface area contributed by atoms with E-state index >= 15 is 0 Å². The van der Waals surface area contributed by atoms with Gasteiger partial charge in [-0.25, -0.2) is 5.14 Å². The highest BCUT2D eigenvalue weighted by Gasteiger charge is 2.30. The summed E-state index contributed by atoms with van der Waals surface area (Å²) in [7, 11) is -3.85. The van der Waals surface area contributed by atoms with Crippen LogP contribution in [0.25, 0.3) is 0 Å². The van der Waals surface area contributed by atoms with E-state index in [4.69, 9.17) is 5.14 Å². The lowest BCUT2D eigenvalue weighted by molar-refractivity contribution is -0.137. The Bertz CT molecular complexity index is 514. The lowest BCUT2D eigenvalue weighted by Gasteiger charge is -2.13. The lowest BCUT2D eigenvalue weighted by Crippen LogP contribution is -2.38. The molecule has 3 N–H and O–H groups in total. The molecule has 0 amide bonds. The Hall–Kier alpha value is -1.12. The van der Waals surface area contributed by atoms with Crippen LogP contribution in [0, 0.1) is 0 Å². The van der Waals surface area contributed by atoms with Crippen molar-refractivity contribution < 1.29 is 21.6 Å². The summed E-state index contributed by atoms with van der Waals surface area (Å²) in [6.45, 7) is 1.52. The van der Waals surface area contributed by atoms with Gasteiger partial charge in [-0.3, -0.25) is 0 Å². The fraction of sp³-hybridized carbons (Fsp3) is 0.400. The van der Waals surface area contributed by atoms with Crippen LogP contribution < -0.4 is 9.86 Å². The van der Waals surface area contributed by atoms with Crippen LogP contribution >= 0.6 is 0 Å². The molecule has 0 saturated carbocycles. The molecule has 18 heavy (non-hydrogen) atoms. The van der Waals surface area contributed by atoms with E-state index in [2.05, 4.69) is 4.72 Å². The molecule has 0 saturated heterocycles. The molecule has 4 nitrogen and oxygen atoms in total. The third-order valence-electron chi connectivity index (χ3n) is 2.16. The average Bonchev–Trinajstić information content (AvgIpc) is 2.13. The number of alkyl halides is 3. The second-order valence-corrected chi connectivity index (χ2v) is 5.29. The molecule has 0 fully saturated rings. The van der Waals surface area contributed by atoms with Crippen molar-refractivity contribution in [1.29, 1.82) is 0 Å². The summed E-state index contributed by atoms with van der Waals surface area (Å²) in [6, 6.07) is 4.14. The summed E-state index contributed by atoms with van der Waals surface area (Å²) in [4.78, 5) is 0. The van der Waals surface area contributed by atoms with Crippen LogP contribution in [0.4, 0.5) is 13.2 Å². The van der Waals surface area contributed by atoms with Gasteiger partial charge < -0.3 is 0 Å². The Morgan fingerprint density at radius 2 is 2.00 bits per heavy atom. The number of benzene rings is 1. The van der Waals surface area contributed by atoms with Gasteiger partial charge in [0.05, 0.1) is 5.56 Å². The molecule has 0 radical (unpaired) electrons. The number of nitrogens with one attached hydrogen (secondary N) is 1. The van der Waals surface area contributed by atoms with Crippen molar-refractivity contribution in [3.8, 4) is 0 Å². The van der Waals surface area contributed by atoms with Gasteiger partial charge >= 0.3 is 6.18 Å². The van der Waals surface area contributed by atoms with E-state index in [0.29, 0.717) is 5.56 Å². The lowest BCUT2D eigenvalue weighted by atomic mass is 10.0. The van der Waals surface area contributed by atoms with E-state index in [1.54, 1.807) is 0 Å². The predicted octanol–water partition coefficient (Wildman–Crippen LogP) is 1.43. The standard InChI is InChI=1S/C10H13F3N2O2S/c1-7(15-18(14,16)17)5-8-3-2-4-9(6-8)10(11,12)13/h2-4,6-7,15H,5H2,1H3,(H2,14,16,17). The fourth-order valence-corrected chi connectivity index (χ4v) is 2.19. The van der Waals surface area contributed by atoms with Crippen molar-refractivity contribution >= 4 is 10.2 Å². The van der Waals surface area contributed by atoms with Crippen molar-refractivity contribution in [2.75, 3.05) is 0 Å². The highest BCUT2D eigenvalue weighted by molar-refractivity contribution is 7.87. The molecule has 0 aliphatic heterocycles. The second-order valence-electron chi connectivity index (χ2n) is 3.97. The molecular formula is C10H13F3N2O2S. The van der Waals surface area contributed by atoms with Gasteiger partial charge in [0.25, 0.3) is 10.2 Å². The van der Waals surface area contributed by atoms with Gasteiger partial charge in [0.15, 0.2) is 0 Å². The molecule has 0 aliphatic carbocycles. The third kappa shape index (κ3) is 5.03. The zero-order chi connectivity index (χ0) is 14.0. The van der Waals surface area contributed by atoms with Crippen LogP contribution in [0.2, 0.25) is 0 Å². The van der Waals surface area contributed by atoms with Crippen LogP contribution in [-0.4, -0.2) is 14.5 Å². The Balaban J connectivity index is 2.80. The molecule has 1 unspecified atom stereocenters. The third-order valence-corrected chi connectivity index (χ3v) is 2.89. The van der Waals surface area contributed by atoms with Crippen LogP contribution in [0.15, 0.2) is 24.3 Å². The highest BCUT2D eigenvalue weighted by Crippen LogP contribution is 2.29. The molecule has 0 spiro atoms. The van der Waals surface area contributed by atoms with Gasteiger partial charge in [0.1, 0.15) is 0 Å². The number of halogens is 3.